The van der Waals surface area contributed by atoms with Crippen molar-refractivity contribution in [1.82, 2.24) is 0 Å². The van der Waals surface area contributed by atoms with E-state index in [0.717, 1.165) is 0 Å². The molecule has 0 saturated carbocycles. The van der Waals surface area contributed by atoms with E-state index in [1.54, 1.807) is 6.92 Å². The molecule has 0 unspecified atom stereocenters. The summed E-state index contributed by atoms with van der Waals surface area (Å²) in [6, 6.07) is -0.652. The Morgan fingerprint density at radius 1 is 1.20 bits per heavy atom. The first-order valence-electron chi connectivity index (χ1n) is 4.40. The molecular formula is C5H15NO7Si2. The fraction of sp³-hybridized carbons (Fsp3) is 1.00. The van der Waals surface area contributed by atoms with Gasteiger partial charge < -0.3 is 23.3 Å². The van der Waals surface area contributed by atoms with Crippen LogP contribution in [-0.4, -0.2) is 48.3 Å². The second-order valence-corrected chi connectivity index (χ2v) is 7.93. The Hall–Kier alpha value is -0.366. The van der Waals surface area contributed by atoms with Crippen LogP contribution in [0, 0.1) is 10.1 Å². The van der Waals surface area contributed by atoms with Gasteiger partial charge in [-0.2, -0.15) is 0 Å². The fourth-order valence-corrected chi connectivity index (χ4v) is 4.96. The first kappa shape index (κ1) is 14.6. The first-order chi connectivity index (χ1) is 6.68. The van der Waals surface area contributed by atoms with E-state index in [9.17, 15) is 29.3 Å². The van der Waals surface area contributed by atoms with E-state index in [4.69, 9.17) is 0 Å². The van der Waals surface area contributed by atoms with Gasteiger partial charge >= 0.3 is 17.6 Å². The van der Waals surface area contributed by atoms with Crippen molar-refractivity contribution in [1.29, 1.82) is 0 Å². The number of hydrogen-bond acceptors (Lipinski definition) is 7. The van der Waals surface area contributed by atoms with Crippen molar-refractivity contribution in [2.24, 2.45) is 0 Å². The van der Waals surface area contributed by atoms with Crippen LogP contribution < -0.4 is 0 Å². The Bertz CT molecular complexity index is 221. The van der Waals surface area contributed by atoms with E-state index in [-0.39, 0.29) is 6.04 Å². The first-order valence-corrected chi connectivity index (χ1v) is 8.42. The molecule has 0 rings (SSSR count). The molecule has 15 heavy (non-hydrogen) atoms. The summed E-state index contributed by atoms with van der Waals surface area (Å²) < 4.78 is 4.41. The minimum Gasteiger partial charge on any atom is -0.390 e. The van der Waals surface area contributed by atoms with Gasteiger partial charge in [0.1, 0.15) is 0 Å². The van der Waals surface area contributed by atoms with Crippen LogP contribution in [0.3, 0.4) is 0 Å². The Kier molecular flexibility index (Phi) is 5.51. The van der Waals surface area contributed by atoms with Crippen LogP contribution in [0.15, 0.2) is 0 Å². The number of nitro groups is 1. The smallest absolute Gasteiger partial charge is 0.390 e. The molecule has 0 amide bonds. The summed E-state index contributed by atoms with van der Waals surface area (Å²) in [5.74, 6) is 0. The lowest BCUT2D eigenvalue weighted by atomic mass is 10.6. The lowest BCUT2D eigenvalue weighted by Crippen LogP contribution is -2.53. The van der Waals surface area contributed by atoms with E-state index in [2.05, 4.69) is 4.12 Å². The quantitative estimate of drug-likeness (QED) is 0.249. The van der Waals surface area contributed by atoms with Crippen molar-refractivity contribution in [2.45, 2.75) is 25.4 Å². The van der Waals surface area contributed by atoms with Crippen LogP contribution in [0.2, 0.25) is 12.1 Å². The normalized spacial score (nSPS) is 12.9. The monoisotopic (exact) mass is 257 g/mol. The van der Waals surface area contributed by atoms with Gasteiger partial charge in [0, 0.05) is 11.0 Å². The molecule has 0 bridgehead atoms. The Morgan fingerprint density at radius 2 is 1.67 bits per heavy atom. The van der Waals surface area contributed by atoms with E-state index in [0.29, 0.717) is 6.42 Å². The zero-order chi connectivity index (χ0) is 12.1. The molecule has 0 saturated heterocycles. The molecular weight excluding hydrogens is 242 g/mol. The third kappa shape index (κ3) is 7.55. The maximum absolute atomic E-state index is 9.97. The molecule has 0 aromatic carbocycles. The van der Waals surface area contributed by atoms with E-state index in [1.165, 1.54) is 0 Å². The van der Waals surface area contributed by atoms with Crippen molar-refractivity contribution in [3.8, 4) is 0 Å². The fourth-order valence-electron chi connectivity index (χ4n) is 0.926. The standard InChI is InChI=1S/C5H15NO7Si2/c1-2-4-14(9,10)13-15(11,12)5-3-6(7)8/h9-12H,2-5H2,1H3. The molecule has 0 aromatic heterocycles. The van der Waals surface area contributed by atoms with Crippen molar-refractivity contribution < 1.29 is 28.2 Å². The highest BCUT2D eigenvalue weighted by Crippen LogP contribution is 2.14. The molecule has 0 aliphatic heterocycles. The molecule has 0 fully saturated rings. The van der Waals surface area contributed by atoms with Crippen LogP contribution in [0.5, 0.6) is 0 Å². The van der Waals surface area contributed by atoms with Crippen molar-refractivity contribution in [3.05, 3.63) is 10.1 Å². The predicted octanol–water partition coefficient (Wildman–Crippen LogP) is -1.46. The summed E-state index contributed by atoms with van der Waals surface area (Å²) in [6.45, 7) is 1.00. The van der Waals surface area contributed by atoms with E-state index >= 15 is 0 Å². The molecule has 0 spiro atoms. The molecule has 0 aromatic rings. The summed E-state index contributed by atoms with van der Waals surface area (Å²) in [6.07, 6.45) is 0.416. The van der Waals surface area contributed by atoms with Crippen LogP contribution in [0.25, 0.3) is 0 Å². The predicted molar refractivity (Wildman–Crippen MR) is 53.2 cm³/mol. The average molecular weight is 257 g/mol. The summed E-state index contributed by atoms with van der Waals surface area (Å²) in [4.78, 5) is 46.1. The minimum absolute atomic E-state index is 0.0681. The summed E-state index contributed by atoms with van der Waals surface area (Å²) in [5, 5.41) is 9.97. The maximum atomic E-state index is 9.97. The third-order valence-corrected chi connectivity index (χ3v) is 6.16. The van der Waals surface area contributed by atoms with Gasteiger partial charge in [0.05, 0.1) is 6.04 Å². The van der Waals surface area contributed by atoms with E-state index < -0.39 is 35.1 Å². The summed E-state index contributed by atoms with van der Waals surface area (Å²) in [5.41, 5.74) is 0. The number of hydrogen-bond donors (Lipinski definition) is 4. The van der Waals surface area contributed by atoms with Gasteiger partial charge in [-0.05, 0) is 0 Å². The van der Waals surface area contributed by atoms with Gasteiger partial charge in [0.15, 0.2) is 0 Å². The van der Waals surface area contributed by atoms with Crippen molar-refractivity contribution in [3.63, 3.8) is 0 Å². The molecule has 8 nitrogen and oxygen atoms in total. The zero-order valence-electron chi connectivity index (χ0n) is 8.29. The maximum Gasteiger partial charge on any atom is 0.494 e. The van der Waals surface area contributed by atoms with Crippen LogP contribution in [-0.2, 0) is 4.12 Å². The van der Waals surface area contributed by atoms with Gasteiger partial charge in [0.25, 0.3) is 0 Å². The molecule has 0 atom stereocenters. The molecule has 90 valence electrons. The lowest BCUT2D eigenvalue weighted by molar-refractivity contribution is -0.476. The second-order valence-electron chi connectivity index (χ2n) is 3.14. The summed E-state index contributed by atoms with van der Waals surface area (Å²) >= 11 is 0. The average Bonchev–Trinajstić information content (AvgIpc) is 1.98. The van der Waals surface area contributed by atoms with Gasteiger partial charge in [0.2, 0.25) is 6.54 Å². The minimum atomic E-state index is -4.32. The third-order valence-electron chi connectivity index (χ3n) is 1.52. The van der Waals surface area contributed by atoms with Crippen LogP contribution in [0.1, 0.15) is 13.3 Å². The van der Waals surface area contributed by atoms with Gasteiger partial charge in [-0.1, -0.05) is 13.3 Å². The van der Waals surface area contributed by atoms with Gasteiger partial charge in [-0.3, -0.25) is 10.1 Å². The van der Waals surface area contributed by atoms with Gasteiger partial charge in [-0.15, -0.1) is 0 Å². The van der Waals surface area contributed by atoms with Crippen molar-refractivity contribution >= 4 is 17.6 Å². The topological polar surface area (TPSA) is 133 Å². The molecule has 4 N–H and O–H groups in total. The highest BCUT2D eigenvalue weighted by atomic mass is 28.5. The molecule has 0 aliphatic rings. The second kappa shape index (κ2) is 5.65. The number of nitrogens with zero attached hydrogens (tertiary/aromatic N) is 1. The highest BCUT2D eigenvalue weighted by Gasteiger charge is 2.45. The van der Waals surface area contributed by atoms with Crippen molar-refractivity contribution in [2.75, 3.05) is 6.54 Å². The zero-order valence-corrected chi connectivity index (χ0v) is 10.3. The van der Waals surface area contributed by atoms with Crippen LogP contribution in [0.4, 0.5) is 0 Å². The lowest BCUT2D eigenvalue weighted by Gasteiger charge is -2.24. The molecule has 0 heterocycles. The molecule has 0 aliphatic carbocycles. The molecule has 10 heteroatoms. The number of rotatable bonds is 7. The SMILES string of the molecule is CCC[Si](O)(O)O[Si](O)(O)CC[N+](=O)[O-]. The van der Waals surface area contributed by atoms with E-state index in [1.807, 2.05) is 0 Å². The Labute approximate surface area is 88.6 Å². The summed E-state index contributed by atoms with van der Waals surface area (Å²) in [7, 11) is -8.39. The Morgan fingerprint density at radius 3 is 2.07 bits per heavy atom. The van der Waals surface area contributed by atoms with Crippen LogP contribution >= 0.6 is 0 Å². The largest absolute Gasteiger partial charge is 0.494 e. The molecule has 0 radical (unpaired) electrons. The highest BCUT2D eigenvalue weighted by molar-refractivity contribution is 6.72. The Balaban J connectivity index is 4.16. The van der Waals surface area contributed by atoms with Gasteiger partial charge in [-0.25, -0.2) is 0 Å².